The van der Waals surface area contributed by atoms with Crippen LogP contribution in [0, 0.1) is 11.3 Å². The molecule has 3 aromatic carbocycles. The van der Waals surface area contributed by atoms with Crippen LogP contribution in [0.5, 0.6) is 5.75 Å². The molecule has 0 fully saturated rings. The zero-order chi connectivity index (χ0) is 26.9. The van der Waals surface area contributed by atoms with E-state index >= 15 is 0 Å². The van der Waals surface area contributed by atoms with Crippen molar-refractivity contribution in [3.8, 4) is 33.6 Å². The van der Waals surface area contributed by atoms with E-state index in [0.29, 0.717) is 33.0 Å². The predicted molar refractivity (Wildman–Crippen MR) is 149 cm³/mol. The lowest BCUT2D eigenvalue weighted by Gasteiger charge is -2.15. The smallest absolute Gasteiger partial charge is 0.338 e. The van der Waals surface area contributed by atoms with Gasteiger partial charge in [-0.3, -0.25) is 4.79 Å². The molecule has 39 heavy (non-hydrogen) atoms. The van der Waals surface area contributed by atoms with Gasteiger partial charge in [-0.15, -0.1) is 11.3 Å². The van der Waals surface area contributed by atoms with Crippen molar-refractivity contribution in [3.63, 3.8) is 0 Å². The molecule has 2 heterocycles. The largest absolute Gasteiger partial charge is 0.497 e. The lowest BCUT2D eigenvalue weighted by atomic mass is 9.90. The SMILES string of the molecule is COc1ccc(-c2nc3ccc(C(=O)OCC(=O)Nc4sc5c(c4C#N)CCc4ccccc4-5)cc3[nH]2)cc1. The summed E-state index contributed by atoms with van der Waals surface area (Å²) in [5.74, 6) is 0.271. The number of carbonyl (C=O) groups is 2. The Morgan fingerprint density at radius 3 is 2.72 bits per heavy atom. The van der Waals surface area contributed by atoms with E-state index in [0.717, 1.165) is 40.2 Å². The van der Waals surface area contributed by atoms with Crippen molar-refractivity contribution in [1.29, 1.82) is 5.26 Å². The molecule has 9 heteroatoms. The van der Waals surface area contributed by atoms with Crippen LogP contribution in [0.4, 0.5) is 5.00 Å². The second-order valence-corrected chi connectivity index (χ2v) is 10.1. The number of rotatable bonds is 6. The van der Waals surface area contributed by atoms with Crippen molar-refractivity contribution < 1.29 is 19.1 Å². The number of aromatic amines is 1. The van der Waals surface area contributed by atoms with E-state index in [1.54, 1.807) is 25.3 Å². The van der Waals surface area contributed by atoms with Gasteiger partial charge in [0.1, 0.15) is 22.6 Å². The molecule has 2 N–H and O–H groups in total. The van der Waals surface area contributed by atoms with E-state index in [-0.39, 0.29) is 0 Å². The third-order valence-corrected chi connectivity index (χ3v) is 7.87. The van der Waals surface area contributed by atoms with E-state index < -0.39 is 18.5 Å². The Kier molecular flexibility index (Phi) is 6.31. The number of nitriles is 1. The number of thiophene rings is 1. The molecular weight excluding hydrogens is 512 g/mol. The van der Waals surface area contributed by atoms with Crippen LogP contribution in [-0.4, -0.2) is 35.6 Å². The zero-order valence-electron chi connectivity index (χ0n) is 20.9. The van der Waals surface area contributed by atoms with E-state index in [4.69, 9.17) is 9.47 Å². The van der Waals surface area contributed by atoms with Crippen LogP contribution < -0.4 is 10.1 Å². The molecule has 0 spiro atoms. The fourth-order valence-corrected chi connectivity index (χ4v) is 6.02. The highest BCUT2D eigenvalue weighted by Crippen LogP contribution is 2.44. The molecule has 5 aromatic rings. The number of imidazole rings is 1. The van der Waals surface area contributed by atoms with Crippen LogP contribution in [0.15, 0.2) is 66.7 Å². The van der Waals surface area contributed by atoms with Gasteiger partial charge in [0, 0.05) is 10.4 Å². The molecular formula is C30H22N4O4S. The molecule has 192 valence electrons. The number of anilines is 1. The number of nitrogens with one attached hydrogen (secondary N) is 2. The van der Waals surface area contributed by atoms with Crippen LogP contribution in [0.3, 0.4) is 0 Å². The molecule has 8 nitrogen and oxygen atoms in total. The van der Waals surface area contributed by atoms with Gasteiger partial charge >= 0.3 is 5.97 Å². The van der Waals surface area contributed by atoms with E-state index in [2.05, 4.69) is 27.4 Å². The summed E-state index contributed by atoms with van der Waals surface area (Å²) >= 11 is 1.38. The first-order chi connectivity index (χ1) is 19.0. The van der Waals surface area contributed by atoms with Crippen LogP contribution >= 0.6 is 11.3 Å². The number of benzene rings is 3. The molecule has 1 aliphatic rings. The standard InChI is InChI=1S/C30H22N4O4S/c1-37-20-10-6-18(7-11-20)28-32-24-13-9-19(14-25(24)33-28)30(36)38-16-26(35)34-29-23(15-31)22-12-8-17-4-2-3-5-21(17)27(22)39-29/h2-7,9-11,13-14H,8,12,16H2,1H3,(H,32,33)(H,34,35). The number of hydrogen-bond acceptors (Lipinski definition) is 7. The van der Waals surface area contributed by atoms with E-state index in [9.17, 15) is 14.9 Å². The molecule has 0 aliphatic heterocycles. The van der Waals surface area contributed by atoms with Gasteiger partial charge in [0.25, 0.3) is 5.91 Å². The van der Waals surface area contributed by atoms with E-state index in [1.165, 1.54) is 16.9 Å². The number of H-pyrrole nitrogens is 1. The summed E-state index contributed by atoms with van der Waals surface area (Å²) in [6.45, 7) is -0.471. The highest BCUT2D eigenvalue weighted by atomic mass is 32.1. The lowest BCUT2D eigenvalue weighted by Crippen LogP contribution is -2.20. The number of aromatic nitrogens is 2. The maximum Gasteiger partial charge on any atom is 0.338 e. The highest BCUT2D eigenvalue weighted by Gasteiger charge is 2.25. The number of fused-ring (bicyclic) bond motifs is 4. The van der Waals surface area contributed by atoms with Crippen molar-refractivity contribution >= 4 is 39.2 Å². The van der Waals surface area contributed by atoms with Crippen molar-refractivity contribution in [2.24, 2.45) is 0 Å². The Morgan fingerprint density at radius 2 is 1.92 bits per heavy atom. The van der Waals surface area contributed by atoms with Crippen molar-refractivity contribution in [2.45, 2.75) is 12.8 Å². The van der Waals surface area contributed by atoms with Gasteiger partial charge in [-0.25, -0.2) is 9.78 Å². The van der Waals surface area contributed by atoms with Gasteiger partial charge in [-0.2, -0.15) is 5.26 Å². The zero-order valence-corrected chi connectivity index (χ0v) is 21.7. The summed E-state index contributed by atoms with van der Waals surface area (Å²) < 4.78 is 10.5. The quantitative estimate of drug-likeness (QED) is 0.269. The molecule has 0 saturated heterocycles. The van der Waals surface area contributed by atoms with Gasteiger partial charge in [0.05, 0.1) is 29.3 Å². The molecule has 0 unspecified atom stereocenters. The van der Waals surface area contributed by atoms with Crippen LogP contribution in [0.1, 0.15) is 27.0 Å². The minimum Gasteiger partial charge on any atom is -0.497 e. The number of amides is 1. The van der Waals surface area contributed by atoms with E-state index in [1.807, 2.05) is 42.5 Å². The molecule has 0 atom stereocenters. The third kappa shape index (κ3) is 4.62. The summed E-state index contributed by atoms with van der Waals surface area (Å²) in [5.41, 5.74) is 6.29. The predicted octanol–water partition coefficient (Wildman–Crippen LogP) is 5.73. The van der Waals surface area contributed by atoms with Gasteiger partial charge in [-0.05, 0) is 72.0 Å². The molecule has 0 bridgehead atoms. The normalized spacial score (nSPS) is 11.8. The molecule has 1 aliphatic carbocycles. The average molecular weight is 535 g/mol. The summed E-state index contributed by atoms with van der Waals surface area (Å²) in [6, 6.07) is 22.8. The Hall–Kier alpha value is -4.94. The minimum absolute atomic E-state index is 0.293. The summed E-state index contributed by atoms with van der Waals surface area (Å²) in [6.07, 6.45) is 1.59. The van der Waals surface area contributed by atoms with Gasteiger partial charge in [-0.1, -0.05) is 24.3 Å². The van der Waals surface area contributed by atoms with Crippen molar-refractivity contribution in [3.05, 3.63) is 89.0 Å². The number of methoxy groups -OCH3 is 1. The van der Waals surface area contributed by atoms with Crippen LogP contribution in [-0.2, 0) is 22.4 Å². The highest BCUT2D eigenvalue weighted by molar-refractivity contribution is 7.20. The maximum absolute atomic E-state index is 12.7. The fraction of sp³-hybridized carbons (Fsp3) is 0.133. The third-order valence-electron chi connectivity index (χ3n) is 6.69. The first-order valence-corrected chi connectivity index (χ1v) is 13.1. The Morgan fingerprint density at radius 1 is 1.10 bits per heavy atom. The first kappa shape index (κ1) is 24.4. The summed E-state index contributed by atoms with van der Waals surface area (Å²) in [5, 5.41) is 13.0. The van der Waals surface area contributed by atoms with Crippen molar-refractivity contribution in [1.82, 2.24) is 9.97 Å². The summed E-state index contributed by atoms with van der Waals surface area (Å²) in [7, 11) is 1.61. The second kappa shape index (κ2) is 10.1. The maximum atomic E-state index is 12.7. The van der Waals surface area contributed by atoms with Gasteiger partial charge < -0.3 is 19.8 Å². The number of nitrogens with zero attached hydrogens (tertiary/aromatic N) is 2. The van der Waals surface area contributed by atoms with Crippen molar-refractivity contribution in [2.75, 3.05) is 19.0 Å². The van der Waals surface area contributed by atoms with Crippen LogP contribution in [0.25, 0.3) is 32.9 Å². The Balaban J connectivity index is 1.14. The number of esters is 1. The molecule has 0 saturated carbocycles. The number of aryl methyl sites for hydroxylation is 1. The molecule has 1 amide bonds. The monoisotopic (exact) mass is 534 g/mol. The molecule has 2 aromatic heterocycles. The molecule has 0 radical (unpaired) electrons. The van der Waals surface area contributed by atoms with Gasteiger partial charge in [0.2, 0.25) is 0 Å². The number of ether oxygens (including phenoxy) is 2. The Labute approximate surface area is 227 Å². The van der Waals surface area contributed by atoms with Crippen LogP contribution in [0.2, 0.25) is 0 Å². The number of hydrogen-bond donors (Lipinski definition) is 2. The summed E-state index contributed by atoms with van der Waals surface area (Å²) in [4.78, 5) is 34.2. The molecule has 6 rings (SSSR count). The number of carbonyl (C=O) groups excluding carboxylic acids is 2. The van der Waals surface area contributed by atoms with Gasteiger partial charge in [0.15, 0.2) is 6.61 Å². The Bertz CT molecular complexity index is 1780. The minimum atomic E-state index is -0.632. The fourth-order valence-electron chi connectivity index (χ4n) is 4.75. The lowest BCUT2D eigenvalue weighted by molar-refractivity contribution is -0.119. The average Bonchev–Trinajstić information content (AvgIpc) is 3.56. The first-order valence-electron chi connectivity index (χ1n) is 12.3. The topological polar surface area (TPSA) is 117 Å². The second-order valence-electron chi connectivity index (χ2n) is 9.05.